The maximum atomic E-state index is 12.4. The van der Waals surface area contributed by atoms with Crippen LogP contribution in [0, 0.1) is 0 Å². The van der Waals surface area contributed by atoms with Gasteiger partial charge in [-0.1, -0.05) is 12.8 Å². The predicted molar refractivity (Wildman–Crippen MR) is 74.8 cm³/mol. The summed E-state index contributed by atoms with van der Waals surface area (Å²) in [5, 5.41) is 3.34. The van der Waals surface area contributed by atoms with Crippen LogP contribution in [-0.2, 0) is 0 Å². The van der Waals surface area contributed by atoms with Gasteiger partial charge in [-0.3, -0.25) is 4.90 Å². The molecule has 0 radical (unpaired) electrons. The second-order valence-electron chi connectivity index (χ2n) is 6.35. The van der Waals surface area contributed by atoms with Crippen molar-refractivity contribution < 1.29 is 13.2 Å². The summed E-state index contributed by atoms with van der Waals surface area (Å²) in [5.74, 6) is 0. The molecule has 20 heavy (non-hydrogen) atoms. The lowest BCUT2D eigenvalue weighted by Crippen LogP contribution is -2.58. The lowest BCUT2D eigenvalue weighted by Gasteiger charge is -2.45. The Kier molecular flexibility index (Phi) is 5.35. The average molecular weight is 292 g/mol. The van der Waals surface area contributed by atoms with Gasteiger partial charge < -0.3 is 5.32 Å². The zero-order valence-electron chi connectivity index (χ0n) is 12.4. The lowest BCUT2D eigenvalue weighted by atomic mass is 9.83. The fourth-order valence-electron chi connectivity index (χ4n) is 4.22. The van der Waals surface area contributed by atoms with E-state index in [1.807, 2.05) is 7.05 Å². The highest BCUT2D eigenvalue weighted by atomic mass is 19.4. The SMILES string of the molecule is CNC(CCCC(F)(F)F)C1(N2CCCC2)CCCC1. The maximum absolute atomic E-state index is 12.4. The van der Waals surface area contributed by atoms with E-state index in [0.717, 1.165) is 25.9 Å². The Morgan fingerprint density at radius 1 is 1.10 bits per heavy atom. The normalized spacial score (nSPS) is 25.2. The van der Waals surface area contributed by atoms with Gasteiger partial charge >= 0.3 is 6.18 Å². The van der Waals surface area contributed by atoms with Crippen LogP contribution < -0.4 is 5.32 Å². The number of alkyl halides is 3. The Hall–Kier alpha value is -0.290. The van der Waals surface area contributed by atoms with Crippen LogP contribution in [0.25, 0.3) is 0 Å². The Morgan fingerprint density at radius 2 is 1.70 bits per heavy atom. The molecule has 0 bridgehead atoms. The van der Waals surface area contributed by atoms with Crippen molar-refractivity contribution in [3.63, 3.8) is 0 Å². The topological polar surface area (TPSA) is 15.3 Å². The second kappa shape index (κ2) is 6.65. The molecular weight excluding hydrogens is 265 g/mol. The minimum Gasteiger partial charge on any atom is -0.315 e. The van der Waals surface area contributed by atoms with Gasteiger partial charge in [-0.15, -0.1) is 0 Å². The smallest absolute Gasteiger partial charge is 0.315 e. The molecule has 0 aromatic carbocycles. The van der Waals surface area contributed by atoms with E-state index >= 15 is 0 Å². The van der Waals surface area contributed by atoms with Crippen molar-refractivity contribution in [3.8, 4) is 0 Å². The van der Waals surface area contributed by atoms with Crippen LogP contribution in [0.15, 0.2) is 0 Å². The predicted octanol–water partition coefficient (Wildman–Crippen LogP) is 3.72. The first kappa shape index (κ1) is 16.1. The van der Waals surface area contributed by atoms with Gasteiger partial charge in [-0.25, -0.2) is 0 Å². The van der Waals surface area contributed by atoms with Gasteiger partial charge in [0.1, 0.15) is 0 Å². The first-order chi connectivity index (χ1) is 9.48. The summed E-state index contributed by atoms with van der Waals surface area (Å²) in [5.41, 5.74) is 0.122. The van der Waals surface area contributed by atoms with E-state index in [0.29, 0.717) is 6.42 Å². The summed E-state index contributed by atoms with van der Waals surface area (Å²) in [6, 6.07) is 0.199. The molecule has 1 aliphatic carbocycles. The summed E-state index contributed by atoms with van der Waals surface area (Å²) >= 11 is 0. The maximum Gasteiger partial charge on any atom is 0.389 e. The van der Waals surface area contributed by atoms with Gasteiger partial charge in [0.05, 0.1) is 0 Å². The fraction of sp³-hybridized carbons (Fsp3) is 1.00. The highest BCUT2D eigenvalue weighted by Crippen LogP contribution is 2.41. The molecule has 0 amide bonds. The van der Waals surface area contributed by atoms with E-state index in [9.17, 15) is 13.2 Å². The summed E-state index contributed by atoms with van der Waals surface area (Å²) in [4.78, 5) is 2.56. The molecule has 118 valence electrons. The van der Waals surface area contributed by atoms with E-state index in [1.165, 1.54) is 25.7 Å². The molecule has 2 fully saturated rings. The Labute approximate surface area is 120 Å². The van der Waals surface area contributed by atoms with Crippen LogP contribution in [0.4, 0.5) is 13.2 Å². The van der Waals surface area contributed by atoms with Crippen molar-refractivity contribution in [3.05, 3.63) is 0 Å². The highest BCUT2D eigenvalue weighted by Gasteiger charge is 2.45. The molecule has 1 saturated heterocycles. The monoisotopic (exact) mass is 292 g/mol. The summed E-state index contributed by atoms with van der Waals surface area (Å²) < 4.78 is 37.1. The first-order valence-corrected chi connectivity index (χ1v) is 7.97. The van der Waals surface area contributed by atoms with Gasteiger partial charge in [0, 0.05) is 18.0 Å². The number of hydrogen-bond donors (Lipinski definition) is 1. The number of halogens is 3. The first-order valence-electron chi connectivity index (χ1n) is 7.97. The number of hydrogen-bond acceptors (Lipinski definition) is 2. The Balaban J connectivity index is 1.98. The van der Waals surface area contributed by atoms with Crippen LogP contribution >= 0.6 is 0 Å². The van der Waals surface area contributed by atoms with E-state index in [1.54, 1.807) is 0 Å². The lowest BCUT2D eigenvalue weighted by molar-refractivity contribution is -0.136. The molecule has 1 unspecified atom stereocenters. The number of rotatable bonds is 6. The third kappa shape index (κ3) is 3.67. The molecule has 0 spiro atoms. The number of nitrogens with one attached hydrogen (secondary N) is 1. The molecular formula is C15H27F3N2. The summed E-state index contributed by atoms with van der Waals surface area (Å²) in [6.45, 7) is 2.24. The van der Waals surface area contributed by atoms with Crippen molar-refractivity contribution in [2.24, 2.45) is 0 Å². The number of nitrogens with zero attached hydrogens (tertiary/aromatic N) is 1. The minimum atomic E-state index is -4.02. The van der Waals surface area contributed by atoms with Crippen molar-refractivity contribution in [1.29, 1.82) is 0 Å². The van der Waals surface area contributed by atoms with E-state index < -0.39 is 12.6 Å². The number of likely N-dealkylation sites (tertiary alicyclic amines) is 1. The molecule has 1 aliphatic heterocycles. The number of likely N-dealkylation sites (N-methyl/N-ethyl adjacent to an activating group) is 1. The van der Waals surface area contributed by atoms with E-state index in [-0.39, 0.29) is 18.0 Å². The van der Waals surface area contributed by atoms with Crippen LogP contribution in [-0.4, -0.2) is 42.8 Å². The third-order valence-corrected chi connectivity index (χ3v) is 5.16. The zero-order chi connectivity index (χ0) is 14.6. The van der Waals surface area contributed by atoms with Gasteiger partial charge in [-0.05, 0) is 58.7 Å². The molecule has 0 aromatic heterocycles. The van der Waals surface area contributed by atoms with Gasteiger partial charge in [0.25, 0.3) is 0 Å². The molecule has 1 heterocycles. The van der Waals surface area contributed by atoms with E-state index in [2.05, 4.69) is 10.2 Å². The molecule has 2 rings (SSSR count). The van der Waals surface area contributed by atoms with Gasteiger partial charge in [0.15, 0.2) is 0 Å². The molecule has 2 nitrogen and oxygen atoms in total. The van der Waals surface area contributed by atoms with E-state index in [4.69, 9.17) is 0 Å². The molecule has 1 saturated carbocycles. The summed E-state index contributed by atoms with van der Waals surface area (Å²) in [7, 11) is 1.91. The van der Waals surface area contributed by atoms with Crippen molar-refractivity contribution in [1.82, 2.24) is 10.2 Å². The van der Waals surface area contributed by atoms with Gasteiger partial charge in [0.2, 0.25) is 0 Å². The Morgan fingerprint density at radius 3 is 2.20 bits per heavy atom. The average Bonchev–Trinajstić information content (AvgIpc) is 3.03. The van der Waals surface area contributed by atoms with Crippen LogP contribution in [0.3, 0.4) is 0 Å². The van der Waals surface area contributed by atoms with Crippen molar-refractivity contribution in [2.45, 2.75) is 75.5 Å². The highest BCUT2D eigenvalue weighted by molar-refractivity contribution is 5.04. The van der Waals surface area contributed by atoms with Crippen LogP contribution in [0.1, 0.15) is 57.8 Å². The Bertz CT molecular complexity index is 292. The summed E-state index contributed by atoms with van der Waals surface area (Å²) in [6.07, 6.45) is 3.39. The second-order valence-corrected chi connectivity index (χ2v) is 6.35. The zero-order valence-corrected chi connectivity index (χ0v) is 12.4. The largest absolute Gasteiger partial charge is 0.389 e. The molecule has 0 aromatic rings. The van der Waals surface area contributed by atoms with Crippen molar-refractivity contribution >= 4 is 0 Å². The van der Waals surface area contributed by atoms with Crippen molar-refractivity contribution in [2.75, 3.05) is 20.1 Å². The molecule has 1 N–H and O–H groups in total. The molecule has 5 heteroatoms. The fourth-order valence-corrected chi connectivity index (χ4v) is 4.22. The molecule has 2 aliphatic rings. The quantitative estimate of drug-likeness (QED) is 0.802. The van der Waals surface area contributed by atoms with Crippen LogP contribution in [0.2, 0.25) is 0 Å². The minimum absolute atomic E-state index is 0.122. The molecule has 1 atom stereocenters. The third-order valence-electron chi connectivity index (χ3n) is 5.16. The van der Waals surface area contributed by atoms with Crippen LogP contribution in [0.5, 0.6) is 0 Å². The van der Waals surface area contributed by atoms with Gasteiger partial charge in [-0.2, -0.15) is 13.2 Å². The standard InChI is InChI=1S/C15H27F3N2/c1-19-13(7-6-10-15(16,17)18)14(8-2-3-9-14)20-11-4-5-12-20/h13,19H,2-12H2,1H3.